The van der Waals surface area contributed by atoms with Crippen LogP contribution in [0, 0.1) is 17.3 Å². The smallest absolute Gasteiger partial charge is 0.251 e. The summed E-state index contributed by atoms with van der Waals surface area (Å²) in [6.07, 6.45) is 3.34. The topological polar surface area (TPSA) is 72.2 Å². The van der Waals surface area contributed by atoms with Crippen molar-refractivity contribution in [3.8, 4) is 0 Å². The zero-order valence-corrected chi connectivity index (χ0v) is 15.6. The van der Waals surface area contributed by atoms with Crippen LogP contribution >= 0.6 is 11.3 Å². The van der Waals surface area contributed by atoms with Crippen LogP contribution in [0.4, 0.5) is 5.00 Å². The lowest BCUT2D eigenvalue weighted by molar-refractivity contribution is -0.116. The molecular formula is C18H28N2O2S. The molecule has 0 aromatic carbocycles. The lowest BCUT2D eigenvalue weighted by atomic mass is 9.72. The number of thiophene rings is 1. The fourth-order valence-corrected chi connectivity index (χ4v) is 4.57. The maximum atomic E-state index is 12.1. The molecule has 2 amide bonds. The summed E-state index contributed by atoms with van der Waals surface area (Å²) in [4.78, 5) is 25.2. The molecule has 1 aromatic heterocycles. The van der Waals surface area contributed by atoms with Gasteiger partial charge >= 0.3 is 0 Å². The molecule has 2 rings (SSSR count). The summed E-state index contributed by atoms with van der Waals surface area (Å²) in [6.45, 7) is 10.8. The third-order valence-electron chi connectivity index (χ3n) is 4.58. The predicted molar refractivity (Wildman–Crippen MR) is 95.9 cm³/mol. The van der Waals surface area contributed by atoms with Gasteiger partial charge in [0.25, 0.3) is 5.91 Å². The molecule has 4 nitrogen and oxygen atoms in total. The Kier molecular flexibility index (Phi) is 5.19. The Labute approximate surface area is 142 Å². The number of nitrogens with two attached hydrogens (primary N) is 1. The van der Waals surface area contributed by atoms with E-state index in [0.717, 1.165) is 24.8 Å². The SMILES string of the molecule is CC(C)CC(=O)Nc1sc2c(c1C(N)=O)CC[C@@H](C(C)(C)C)C2. The van der Waals surface area contributed by atoms with Crippen molar-refractivity contribution < 1.29 is 9.59 Å². The number of anilines is 1. The minimum absolute atomic E-state index is 0.0477. The standard InChI is InChI=1S/C18H28N2O2S/c1-10(2)8-14(21)20-17-15(16(19)22)12-7-6-11(18(3,4)5)9-13(12)23-17/h10-11H,6-9H2,1-5H3,(H2,19,22)(H,20,21)/t11-/m1/s1. The fourth-order valence-electron chi connectivity index (χ4n) is 3.22. The van der Waals surface area contributed by atoms with Crippen molar-refractivity contribution >= 4 is 28.2 Å². The molecule has 128 valence electrons. The van der Waals surface area contributed by atoms with Crippen LogP contribution in [-0.4, -0.2) is 11.8 Å². The van der Waals surface area contributed by atoms with Crippen LogP contribution in [0.1, 0.15) is 68.3 Å². The van der Waals surface area contributed by atoms with Gasteiger partial charge in [-0.15, -0.1) is 11.3 Å². The third kappa shape index (κ3) is 4.14. The van der Waals surface area contributed by atoms with Gasteiger partial charge in [-0.3, -0.25) is 9.59 Å². The van der Waals surface area contributed by atoms with Gasteiger partial charge in [0.15, 0.2) is 0 Å². The minimum Gasteiger partial charge on any atom is -0.365 e. The Morgan fingerprint density at radius 2 is 2.00 bits per heavy atom. The molecule has 1 atom stereocenters. The van der Waals surface area contributed by atoms with Crippen LogP contribution in [0.5, 0.6) is 0 Å². The molecule has 1 heterocycles. The summed E-state index contributed by atoms with van der Waals surface area (Å²) in [5.74, 6) is 0.394. The van der Waals surface area contributed by atoms with E-state index in [9.17, 15) is 9.59 Å². The van der Waals surface area contributed by atoms with Crippen molar-refractivity contribution in [3.63, 3.8) is 0 Å². The van der Waals surface area contributed by atoms with E-state index in [0.29, 0.717) is 22.9 Å². The van der Waals surface area contributed by atoms with Gasteiger partial charge in [-0.1, -0.05) is 34.6 Å². The molecule has 0 fully saturated rings. The second-order valence-electron chi connectivity index (χ2n) is 8.02. The summed E-state index contributed by atoms with van der Waals surface area (Å²) in [6, 6.07) is 0. The Bertz CT molecular complexity index is 611. The van der Waals surface area contributed by atoms with Crippen molar-refractivity contribution in [2.45, 2.75) is 60.3 Å². The maximum Gasteiger partial charge on any atom is 0.251 e. The molecule has 0 bridgehead atoms. The molecule has 23 heavy (non-hydrogen) atoms. The number of rotatable bonds is 4. The maximum absolute atomic E-state index is 12.1. The molecule has 1 aliphatic rings. The van der Waals surface area contributed by atoms with E-state index in [1.54, 1.807) is 0 Å². The normalized spacial score (nSPS) is 17.9. The van der Waals surface area contributed by atoms with Gasteiger partial charge in [-0.05, 0) is 42.1 Å². The monoisotopic (exact) mass is 336 g/mol. The molecule has 1 aliphatic carbocycles. The Morgan fingerprint density at radius 3 is 2.52 bits per heavy atom. The summed E-state index contributed by atoms with van der Waals surface area (Å²) in [5.41, 5.74) is 7.44. The summed E-state index contributed by atoms with van der Waals surface area (Å²) in [5, 5.41) is 3.55. The Hall–Kier alpha value is -1.36. The van der Waals surface area contributed by atoms with Crippen LogP contribution < -0.4 is 11.1 Å². The zero-order chi connectivity index (χ0) is 17.4. The van der Waals surface area contributed by atoms with Gasteiger partial charge in [0, 0.05) is 11.3 Å². The highest BCUT2D eigenvalue weighted by Crippen LogP contribution is 2.44. The van der Waals surface area contributed by atoms with Crippen molar-refractivity contribution in [2.75, 3.05) is 5.32 Å². The van der Waals surface area contributed by atoms with E-state index >= 15 is 0 Å². The van der Waals surface area contributed by atoms with Gasteiger partial charge in [0.1, 0.15) is 5.00 Å². The minimum atomic E-state index is -0.434. The zero-order valence-electron chi connectivity index (χ0n) is 14.8. The van der Waals surface area contributed by atoms with Crippen LogP contribution in [-0.2, 0) is 17.6 Å². The number of nitrogens with one attached hydrogen (secondary N) is 1. The Balaban J connectivity index is 2.30. The van der Waals surface area contributed by atoms with E-state index in [1.807, 2.05) is 13.8 Å². The van der Waals surface area contributed by atoms with Crippen LogP contribution in [0.25, 0.3) is 0 Å². The molecule has 0 saturated heterocycles. The number of carbonyl (C=O) groups excluding carboxylic acids is 2. The lowest BCUT2D eigenvalue weighted by Crippen LogP contribution is -2.27. The van der Waals surface area contributed by atoms with Crippen molar-refractivity contribution in [1.82, 2.24) is 0 Å². The highest BCUT2D eigenvalue weighted by Gasteiger charge is 2.33. The average Bonchev–Trinajstić information content (AvgIpc) is 2.72. The van der Waals surface area contributed by atoms with Crippen LogP contribution in [0.2, 0.25) is 0 Å². The third-order valence-corrected chi connectivity index (χ3v) is 5.75. The Morgan fingerprint density at radius 1 is 1.35 bits per heavy atom. The molecule has 5 heteroatoms. The number of hydrogen-bond donors (Lipinski definition) is 2. The number of primary amides is 1. The van der Waals surface area contributed by atoms with Crippen LogP contribution in [0.15, 0.2) is 0 Å². The predicted octanol–water partition coefficient (Wildman–Crippen LogP) is 3.98. The van der Waals surface area contributed by atoms with Crippen LogP contribution in [0.3, 0.4) is 0 Å². The average molecular weight is 337 g/mol. The van der Waals surface area contributed by atoms with E-state index in [2.05, 4.69) is 26.1 Å². The number of fused-ring (bicyclic) bond motifs is 1. The summed E-state index contributed by atoms with van der Waals surface area (Å²) in [7, 11) is 0. The molecule has 0 radical (unpaired) electrons. The molecule has 0 unspecified atom stereocenters. The lowest BCUT2D eigenvalue weighted by Gasteiger charge is -2.33. The summed E-state index contributed by atoms with van der Waals surface area (Å²) < 4.78 is 0. The van der Waals surface area contributed by atoms with E-state index in [4.69, 9.17) is 5.73 Å². The molecular weight excluding hydrogens is 308 g/mol. The number of hydrogen-bond acceptors (Lipinski definition) is 3. The number of carbonyl (C=O) groups is 2. The largest absolute Gasteiger partial charge is 0.365 e. The summed E-state index contributed by atoms with van der Waals surface area (Å²) >= 11 is 1.53. The first-order valence-corrected chi connectivity index (χ1v) is 9.15. The molecule has 0 saturated carbocycles. The van der Waals surface area contributed by atoms with Gasteiger partial charge in [0.2, 0.25) is 5.91 Å². The van der Waals surface area contributed by atoms with Gasteiger partial charge in [0.05, 0.1) is 5.56 Å². The highest BCUT2D eigenvalue weighted by molar-refractivity contribution is 7.17. The van der Waals surface area contributed by atoms with Gasteiger partial charge in [-0.25, -0.2) is 0 Å². The second-order valence-corrected chi connectivity index (χ2v) is 9.13. The van der Waals surface area contributed by atoms with Gasteiger partial charge < -0.3 is 11.1 Å². The molecule has 1 aromatic rings. The van der Waals surface area contributed by atoms with Crippen molar-refractivity contribution in [3.05, 3.63) is 16.0 Å². The van der Waals surface area contributed by atoms with Crippen molar-refractivity contribution in [1.29, 1.82) is 0 Å². The van der Waals surface area contributed by atoms with E-state index in [1.165, 1.54) is 16.2 Å². The highest BCUT2D eigenvalue weighted by atomic mass is 32.1. The second kappa shape index (κ2) is 6.63. The molecule has 0 spiro atoms. The van der Waals surface area contributed by atoms with E-state index < -0.39 is 5.91 Å². The first-order chi connectivity index (χ1) is 10.6. The van der Waals surface area contributed by atoms with Crippen molar-refractivity contribution in [2.24, 2.45) is 23.0 Å². The number of amides is 2. The first kappa shape index (κ1) is 18.0. The van der Waals surface area contributed by atoms with E-state index in [-0.39, 0.29) is 17.2 Å². The molecule has 0 aliphatic heterocycles. The van der Waals surface area contributed by atoms with Gasteiger partial charge in [-0.2, -0.15) is 0 Å². The first-order valence-electron chi connectivity index (χ1n) is 8.33. The fraction of sp³-hybridized carbons (Fsp3) is 0.667. The molecule has 3 N–H and O–H groups in total. The quantitative estimate of drug-likeness (QED) is 0.873.